The fraction of sp³-hybridized carbons (Fsp3) is 0.500. The number of hydrogen-bond acceptors (Lipinski definition) is 3. The number of amides is 1. The highest BCUT2D eigenvalue weighted by atomic mass is 32.1. The van der Waals surface area contributed by atoms with E-state index >= 15 is 0 Å². The maximum Gasteiger partial charge on any atom is 0.308 e. The van der Waals surface area contributed by atoms with E-state index in [1.54, 1.807) is 16.2 Å². The van der Waals surface area contributed by atoms with Gasteiger partial charge in [-0.05, 0) is 25.5 Å². The Morgan fingerprint density at radius 3 is 2.76 bits per heavy atom. The van der Waals surface area contributed by atoms with Crippen LogP contribution in [0.15, 0.2) is 6.07 Å². The molecule has 1 aliphatic rings. The molecule has 0 aliphatic carbocycles. The van der Waals surface area contributed by atoms with E-state index in [1.165, 1.54) is 10.4 Å². The Morgan fingerprint density at radius 1 is 1.59 bits per heavy atom. The third-order valence-electron chi connectivity index (χ3n) is 3.13. The molecular weight excluding hydrogens is 238 g/mol. The lowest BCUT2D eigenvalue weighted by atomic mass is 10.1. The Morgan fingerprint density at radius 2 is 2.29 bits per heavy atom. The molecule has 1 fully saturated rings. The lowest BCUT2D eigenvalue weighted by Gasteiger charge is -2.14. The number of carbonyl (C=O) groups excluding carboxylic acids is 1. The van der Waals surface area contributed by atoms with Crippen molar-refractivity contribution in [3.8, 4) is 0 Å². The molecule has 1 atom stereocenters. The van der Waals surface area contributed by atoms with Gasteiger partial charge < -0.3 is 10.0 Å². The van der Waals surface area contributed by atoms with E-state index in [1.807, 2.05) is 6.92 Å². The zero-order chi connectivity index (χ0) is 12.6. The van der Waals surface area contributed by atoms with Gasteiger partial charge in [-0.1, -0.05) is 0 Å². The topological polar surface area (TPSA) is 57.6 Å². The Labute approximate surface area is 104 Å². The summed E-state index contributed by atoms with van der Waals surface area (Å²) < 4.78 is 0. The van der Waals surface area contributed by atoms with E-state index in [0.717, 1.165) is 4.88 Å². The van der Waals surface area contributed by atoms with Crippen LogP contribution in [0.3, 0.4) is 0 Å². The van der Waals surface area contributed by atoms with Crippen LogP contribution >= 0.6 is 11.3 Å². The van der Waals surface area contributed by atoms with Gasteiger partial charge >= 0.3 is 5.97 Å². The van der Waals surface area contributed by atoms with Gasteiger partial charge in [0, 0.05) is 22.7 Å². The molecule has 5 heteroatoms. The molecule has 0 aromatic carbocycles. The second-order valence-corrected chi connectivity index (χ2v) is 5.81. The Hall–Kier alpha value is -1.36. The van der Waals surface area contributed by atoms with E-state index in [0.29, 0.717) is 13.1 Å². The van der Waals surface area contributed by atoms with Crippen LogP contribution in [-0.2, 0) is 16.1 Å². The highest BCUT2D eigenvalue weighted by Crippen LogP contribution is 2.25. The standard InChI is InChI=1S/C12H15NO3S/c1-7-3-10(17-8(7)2)6-13-5-9(12(15)16)4-11(13)14/h3,9H,4-6H2,1-2H3,(H,15,16). The minimum atomic E-state index is -0.876. The van der Waals surface area contributed by atoms with Gasteiger partial charge in [0.2, 0.25) is 5.91 Å². The maximum absolute atomic E-state index is 11.7. The van der Waals surface area contributed by atoms with Crippen molar-refractivity contribution in [3.05, 3.63) is 21.4 Å². The summed E-state index contributed by atoms with van der Waals surface area (Å²) in [6, 6.07) is 2.07. The van der Waals surface area contributed by atoms with Crippen molar-refractivity contribution in [3.63, 3.8) is 0 Å². The lowest BCUT2D eigenvalue weighted by Crippen LogP contribution is -2.25. The normalized spacial score (nSPS) is 20.0. The van der Waals surface area contributed by atoms with E-state index in [9.17, 15) is 9.59 Å². The molecule has 17 heavy (non-hydrogen) atoms. The molecule has 1 aromatic heterocycles. The van der Waals surface area contributed by atoms with Crippen molar-refractivity contribution in [2.45, 2.75) is 26.8 Å². The van der Waals surface area contributed by atoms with Crippen molar-refractivity contribution in [2.75, 3.05) is 6.54 Å². The lowest BCUT2D eigenvalue weighted by molar-refractivity contribution is -0.141. The molecule has 92 valence electrons. The summed E-state index contributed by atoms with van der Waals surface area (Å²) in [6.07, 6.45) is 0.138. The molecule has 1 amide bonds. The second-order valence-electron chi connectivity index (χ2n) is 4.47. The van der Waals surface area contributed by atoms with E-state index in [4.69, 9.17) is 5.11 Å². The predicted molar refractivity (Wildman–Crippen MR) is 65.0 cm³/mol. The number of aryl methyl sites for hydroxylation is 2. The van der Waals surface area contributed by atoms with Crippen molar-refractivity contribution in [2.24, 2.45) is 5.92 Å². The summed E-state index contributed by atoms with van der Waals surface area (Å²) in [7, 11) is 0. The van der Waals surface area contributed by atoms with Crippen LogP contribution in [0.2, 0.25) is 0 Å². The van der Waals surface area contributed by atoms with Crippen LogP contribution in [0, 0.1) is 19.8 Å². The second kappa shape index (κ2) is 4.49. The van der Waals surface area contributed by atoms with Crippen molar-refractivity contribution in [1.29, 1.82) is 0 Å². The molecular formula is C12H15NO3S. The third kappa shape index (κ3) is 2.49. The number of carboxylic acid groups (broad SMARTS) is 1. The number of hydrogen-bond donors (Lipinski definition) is 1. The number of likely N-dealkylation sites (tertiary alicyclic amines) is 1. The molecule has 1 unspecified atom stereocenters. The van der Waals surface area contributed by atoms with E-state index in [2.05, 4.69) is 13.0 Å². The predicted octanol–water partition coefficient (Wildman–Crippen LogP) is 1.80. The smallest absolute Gasteiger partial charge is 0.308 e. The van der Waals surface area contributed by atoms with E-state index in [-0.39, 0.29) is 12.3 Å². The van der Waals surface area contributed by atoms with Gasteiger partial charge in [-0.3, -0.25) is 9.59 Å². The minimum Gasteiger partial charge on any atom is -0.481 e. The zero-order valence-corrected chi connectivity index (χ0v) is 10.7. The summed E-state index contributed by atoms with van der Waals surface area (Å²) in [5.41, 5.74) is 1.23. The molecule has 2 rings (SSSR count). The van der Waals surface area contributed by atoms with Crippen molar-refractivity contribution in [1.82, 2.24) is 4.90 Å². The maximum atomic E-state index is 11.7. The fourth-order valence-corrected chi connectivity index (χ4v) is 3.08. The molecule has 0 bridgehead atoms. The molecule has 1 aromatic rings. The number of carbonyl (C=O) groups is 2. The van der Waals surface area contributed by atoms with Crippen molar-refractivity contribution >= 4 is 23.2 Å². The van der Waals surface area contributed by atoms with Gasteiger partial charge in [0.05, 0.1) is 12.5 Å². The molecule has 1 saturated heterocycles. The van der Waals surface area contributed by atoms with E-state index < -0.39 is 11.9 Å². The van der Waals surface area contributed by atoms with Crippen LogP contribution in [0.4, 0.5) is 0 Å². The fourth-order valence-electron chi connectivity index (χ4n) is 2.01. The van der Waals surface area contributed by atoms with Crippen LogP contribution in [0.1, 0.15) is 21.7 Å². The molecule has 0 spiro atoms. The number of rotatable bonds is 3. The number of aliphatic carboxylic acids is 1. The molecule has 0 radical (unpaired) electrons. The van der Waals surface area contributed by atoms with Crippen LogP contribution in [0.5, 0.6) is 0 Å². The summed E-state index contributed by atoms with van der Waals surface area (Å²) in [5, 5.41) is 8.89. The largest absolute Gasteiger partial charge is 0.481 e. The first-order valence-electron chi connectivity index (χ1n) is 5.54. The highest BCUT2D eigenvalue weighted by Gasteiger charge is 2.34. The monoisotopic (exact) mass is 253 g/mol. The molecule has 4 nitrogen and oxygen atoms in total. The Bertz CT molecular complexity index is 447. The SMILES string of the molecule is Cc1cc(CN2CC(C(=O)O)CC2=O)sc1C. The van der Waals surface area contributed by atoms with Gasteiger partial charge in [-0.15, -0.1) is 11.3 Å². The summed E-state index contributed by atoms with van der Waals surface area (Å²) in [4.78, 5) is 26.5. The molecule has 2 heterocycles. The van der Waals surface area contributed by atoms with Gasteiger partial charge in [0.15, 0.2) is 0 Å². The average molecular weight is 253 g/mol. The van der Waals surface area contributed by atoms with Gasteiger partial charge in [0.25, 0.3) is 0 Å². The van der Waals surface area contributed by atoms with Crippen LogP contribution in [0.25, 0.3) is 0 Å². The molecule has 1 N–H and O–H groups in total. The van der Waals surface area contributed by atoms with Gasteiger partial charge in [-0.2, -0.15) is 0 Å². The van der Waals surface area contributed by atoms with Gasteiger partial charge in [-0.25, -0.2) is 0 Å². The minimum absolute atomic E-state index is 0.0545. The zero-order valence-electron chi connectivity index (χ0n) is 9.90. The Balaban J connectivity index is 2.05. The first-order valence-corrected chi connectivity index (χ1v) is 6.35. The Kier molecular flexibility index (Phi) is 3.19. The third-order valence-corrected chi connectivity index (χ3v) is 4.26. The van der Waals surface area contributed by atoms with Crippen LogP contribution in [-0.4, -0.2) is 28.4 Å². The number of thiophene rings is 1. The highest BCUT2D eigenvalue weighted by molar-refractivity contribution is 7.12. The van der Waals surface area contributed by atoms with Gasteiger partial charge in [0.1, 0.15) is 0 Å². The first-order chi connectivity index (χ1) is 7.97. The number of carboxylic acids is 1. The molecule has 0 saturated carbocycles. The quantitative estimate of drug-likeness (QED) is 0.893. The van der Waals surface area contributed by atoms with Crippen molar-refractivity contribution < 1.29 is 14.7 Å². The first kappa shape index (κ1) is 12.1. The summed E-state index contributed by atoms with van der Waals surface area (Å²) in [6.45, 7) is 4.97. The average Bonchev–Trinajstić information content (AvgIpc) is 2.73. The summed E-state index contributed by atoms with van der Waals surface area (Å²) in [5.74, 6) is -1.47. The van der Waals surface area contributed by atoms with Crippen LogP contribution < -0.4 is 0 Å². The molecule has 1 aliphatic heterocycles. The number of nitrogens with zero attached hydrogens (tertiary/aromatic N) is 1. The summed E-state index contributed by atoms with van der Waals surface area (Å²) >= 11 is 1.67.